The van der Waals surface area contributed by atoms with Crippen molar-refractivity contribution in [2.24, 2.45) is 5.92 Å². The maximum Gasteiger partial charge on any atom is 0.408 e. The second-order valence-electron chi connectivity index (χ2n) is 10.3. The third-order valence-corrected chi connectivity index (χ3v) is 6.80. The lowest BCUT2D eigenvalue weighted by atomic mass is 10.00. The summed E-state index contributed by atoms with van der Waals surface area (Å²) in [5.74, 6) is -0.198. The van der Waals surface area contributed by atoms with E-state index in [1.54, 1.807) is 20.8 Å². The van der Waals surface area contributed by atoms with E-state index in [0.29, 0.717) is 18.1 Å². The molecule has 3 N–H and O–H groups in total. The van der Waals surface area contributed by atoms with Crippen LogP contribution in [0.3, 0.4) is 0 Å². The van der Waals surface area contributed by atoms with Gasteiger partial charge in [-0.25, -0.2) is 9.78 Å². The third kappa shape index (κ3) is 7.96. The van der Waals surface area contributed by atoms with Gasteiger partial charge in [-0.3, -0.25) is 9.59 Å². The van der Waals surface area contributed by atoms with Crippen LogP contribution in [0.1, 0.15) is 52.2 Å². The molecule has 1 aliphatic rings. The summed E-state index contributed by atoms with van der Waals surface area (Å²) in [6.07, 6.45) is 1.24. The summed E-state index contributed by atoms with van der Waals surface area (Å²) in [4.78, 5) is 44.8. The molecular weight excluding hydrogens is 496 g/mol. The minimum atomic E-state index is -1.19. The lowest BCUT2D eigenvalue weighted by Gasteiger charge is -2.31. The van der Waals surface area contributed by atoms with Crippen LogP contribution in [0, 0.1) is 5.92 Å². The van der Waals surface area contributed by atoms with E-state index in [9.17, 15) is 19.5 Å². The van der Waals surface area contributed by atoms with Crippen LogP contribution in [0.25, 0.3) is 0 Å². The van der Waals surface area contributed by atoms with E-state index in [-0.39, 0.29) is 17.7 Å². The molecule has 4 atom stereocenters. The van der Waals surface area contributed by atoms with E-state index >= 15 is 0 Å². The number of carbonyl (C=O) groups excluding carboxylic acids is 3. The fourth-order valence-corrected chi connectivity index (χ4v) is 5.11. The molecule has 0 aliphatic carbocycles. The second-order valence-corrected chi connectivity index (χ2v) is 11.3. The maximum atomic E-state index is 13.5. The highest BCUT2D eigenvalue weighted by Crippen LogP contribution is 2.25. The van der Waals surface area contributed by atoms with Crippen molar-refractivity contribution in [3.63, 3.8) is 0 Å². The Morgan fingerprint density at radius 2 is 1.92 bits per heavy atom. The topological polar surface area (TPSA) is 134 Å². The molecule has 2 heterocycles. The van der Waals surface area contributed by atoms with Crippen molar-refractivity contribution in [1.82, 2.24) is 20.5 Å². The number of thioether (sulfide) groups is 1. The lowest BCUT2D eigenvalue weighted by molar-refractivity contribution is -0.141. The number of benzene rings is 1. The Morgan fingerprint density at radius 3 is 2.51 bits per heavy atom. The second kappa shape index (κ2) is 12.5. The molecule has 3 rings (SSSR count). The Balaban J connectivity index is 1.75. The predicted octanol–water partition coefficient (Wildman–Crippen LogP) is 2.89. The van der Waals surface area contributed by atoms with Crippen molar-refractivity contribution in [1.29, 1.82) is 0 Å². The van der Waals surface area contributed by atoms with Gasteiger partial charge in [-0.2, -0.15) is 0 Å². The number of oxazole rings is 1. The highest BCUT2D eigenvalue weighted by molar-refractivity contribution is 7.99. The van der Waals surface area contributed by atoms with Crippen molar-refractivity contribution < 1.29 is 28.6 Å². The Hall–Kier alpha value is -3.05. The number of carbonyl (C=O) groups is 3. The van der Waals surface area contributed by atoms with Gasteiger partial charge in [0.05, 0.1) is 18.1 Å². The fourth-order valence-electron chi connectivity index (χ4n) is 3.94. The standard InChI is InChI=1S/C26H36N4O6S/c1-16(2)20(29-25(34)36-26(3,4)5)24(33)30-15-37-14-19(30)22(32)28-18(13-17-9-7-6-8-10-17)21(31)23-27-11-12-35-23/h6-12,16,18-21,31H,13-15H2,1-5H3,(H,28,32)(H,29,34)/t18-,19-,20-,21?/m0/s1. The van der Waals surface area contributed by atoms with Gasteiger partial charge in [0.15, 0.2) is 6.10 Å². The van der Waals surface area contributed by atoms with Crippen LogP contribution >= 0.6 is 11.8 Å². The van der Waals surface area contributed by atoms with Crippen molar-refractivity contribution in [2.45, 2.75) is 70.9 Å². The first-order valence-electron chi connectivity index (χ1n) is 12.3. The van der Waals surface area contributed by atoms with Gasteiger partial charge in [0.25, 0.3) is 0 Å². The third-order valence-electron chi connectivity index (χ3n) is 5.78. The number of rotatable bonds is 9. The van der Waals surface area contributed by atoms with Crippen LogP contribution < -0.4 is 10.6 Å². The van der Waals surface area contributed by atoms with Crippen molar-refractivity contribution >= 4 is 29.7 Å². The number of ether oxygens (including phenoxy) is 1. The normalized spacial score (nSPS) is 18.2. The molecule has 202 valence electrons. The number of nitrogens with zero attached hydrogens (tertiary/aromatic N) is 2. The zero-order chi connectivity index (χ0) is 27.2. The van der Waals surface area contributed by atoms with Gasteiger partial charge in [-0.1, -0.05) is 44.2 Å². The molecule has 1 saturated heterocycles. The van der Waals surface area contributed by atoms with E-state index in [4.69, 9.17) is 9.15 Å². The molecule has 1 fully saturated rings. The van der Waals surface area contributed by atoms with Gasteiger partial charge in [0, 0.05) is 5.75 Å². The van der Waals surface area contributed by atoms with E-state index in [1.165, 1.54) is 29.1 Å². The number of aromatic nitrogens is 1. The van der Waals surface area contributed by atoms with Crippen LogP contribution in [0.4, 0.5) is 4.79 Å². The molecule has 1 unspecified atom stereocenters. The summed E-state index contributed by atoms with van der Waals surface area (Å²) in [5.41, 5.74) is 0.200. The SMILES string of the molecule is CC(C)[C@H](NC(=O)OC(C)(C)C)C(=O)N1CSC[C@H]1C(=O)N[C@@H](Cc1ccccc1)C(O)c1ncco1. The zero-order valence-electron chi connectivity index (χ0n) is 21.8. The molecule has 1 aliphatic heterocycles. The number of amides is 3. The largest absolute Gasteiger partial charge is 0.446 e. The smallest absolute Gasteiger partial charge is 0.408 e. The number of aliphatic hydroxyl groups excluding tert-OH is 1. The van der Waals surface area contributed by atoms with Crippen LogP contribution in [-0.4, -0.2) is 68.3 Å². The molecule has 3 amide bonds. The Morgan fingerprint density at radius 1 is 1.22 bits per heavy atom. The minimum absolute atomic E-state index is 0.0939. The first-order chi connectivity index (χ1) is 17.5. The van der Waals surface area contributed by atoms with Crippen LogP contribution in [0.15, 0.2) is 47.2 Å². The van der Waals surface area contributed by atoms with E-state index in [1.807, 2.05) is 44.2 Å². The number of hydrogen-bond donors (Lipinski definition) is 3. The summed E-state index contributed by atoms with van der Waals surface area (Å²) in [6, 6.07) is 7.08. The average Bonchev–Trinajstić information content (AvgIpc) is 3.53. The Bertz CT molecular complexity index is 1040. The highest BCUT2D eigenvalue weighted by Gasteiger charge is 2.41. The van der Waals surface area contributed by atoms with Gasteiger partial charge < -0.3 is 29.8 Å². The summed E-state index contributed by atoms with van der Waals surface area (Å²) in [5, 5.41) is 16.5. The van der Waals surface area contributed by atoms with E-state index in [0.717, 1.165) is 5.56 Å². The van der Waals surface area contributed by atoms with Gasteiger partial charge in [-0.05, 0) is 38.7 Å². The van der Waals surface area contributed by atoms with Crippen molar-refractivity contribution in [2.75, 3.05) is 11.6 Å². The maximum absolute atomic E-state index is 13.5. The average molecular weight is 533 g/mol. The molecular formula is C26H36N4O6S. The van der Waals surface area contributed by atoms with E-state index < -0.39 is 41.8 Å². The molecule has 0 radical (unpaired) electrons. The molecule has 37 heavy (non-hydrogen) atoms. The van der Waals surface area contributed by atoms with Crippen molar-refractivity contribution in [3.05, 3.63) is 54.2 Å². The predicted molar refractivity (Wildman–Crippen MR) is 139 cm³/mol. The molecule has 0 spiro atoms. The summed E-state index contributed by atoms with van der Waals surface area (Å²) in [7, 11) is 0. The summed E-state index contributed by atoms with van der Waals surface area (Å²) < 4.78 is 10.6. The van der Waals surface area contributed by atoms with Crippen LogP contribution in [0.2, 0.25) is 0 Å². The van der Waals surface area contributed by atoms with Crippen molar-refractivity contribution in [3.8, 4) is 0 Å². The molecule has 0 bridgehead atoms. The lowest BCUT2D eigenvalue weighted by Crippen LogP contribution is -2.57. The first kappa shape index (κ1) is 28.5. The van der Waals surface area contributed by atoms with Gasteiger partial charge in [0.1, 0.15) is 23.9 Å². The van der Waals surface area contributed by atoms with Crippen LogP contribution in [0.5, 0.6) is 0 Å². The number of hydrogen-bond acceptors (Lipinski definition) is 8. The van der Waals surface area contributed by atoms with Gasteiger partial charge in [0.2, 0.25) is 17.7 Å². The van der Waals surface area contributed by atoms with Crippen LogP contribution in [-0.2, 0) is 20.7 Å². The van der Waals surface area contributed by atoms with E-state index in [2.05, 4.69) is 15.6 Å². The summed E-state index contributed by atoms with van der Waals surface area (Å²) in [6.45, 7) is 8.88. The zero-order valence-corrected chi connectivity index (χ0v) is 22.7. The first-order valence-corrected chi connectivity index (χ1v) is 13.4. The van der Waals surface area contributed by atoms with Gasteiger partial charge >= 0.3 is 6.09 Å². The molecule has 1 aromatic carbocycles. The minimum Gasteiger partial charge on any atom is -0.446 e. The number of alkyl carbamates (subject to hydrolysis) is 1. The monoisotopic (exact) mass is 532 g/mol. The summed E-state index contributed by atoms with van der Waals surface area (Å²) >= 11 is 1.45. The highest BCUT2D eigenvalue weighted by atomic mass is 32.2. The fraction of sp³-hybridized carbons (Fsp3) is 0.538. The Labute approximate surface area is 221 Å². The number of aliphatic hydroxyl groups is 1. The molecule has 11 heteroatoms. The molecule has 0 saturated carbocycles. The Kier molecular flexibility index (Phi) is 9.61. The number of nitrogens with one attached hydrogen (secondary N) is 2. The van der Waals surface area contributed by atoms with Gasteiger partial charge in [-0.15, -0.1) is 11.8 Å². The molecule has 1 aromatic heterocycles. The quantitative estimate of drug-likeness (QED) is 0.449. The molecule has 2 aromatic rings. The molecule has 10 nitrogen and oxygen atoms in total.